The molecule has 0 spiro atoms. The zero-order valence-electron chi connectivity index (χ0n) is 3.96. The molecule has 0 bridgehead atoms. The van der Waals surface area contributed by atoms with Gasteiger partial charge in [0.25, 0.3) is 0 Å². The van der Waals surface area contributed by atoms with Gasteiger partial charge in [0.05, 0.1) is 0 Å². The normalized spacial score (nSPS) is 0. The molecule has 10 N–H and O–H groups in total. The van der Waals surface area contributed by atoms with Gasteiger partial charge in [0.1, 0.15) is 0 Å². The summed E-state index contributed by atoms with van der Waals surface area (Å²) in [5.74, 6) is 0. The van der Waals surface area contributed by atoms with Crippen LogP contribution in [0.4, 0.5) is 0 Å². The zero-order chi connectivity index (χ0) is 0. The Morgan fingerprint density at radius 1 is 0.375 bits per heavy atom. The van der Waals surface area contributed by atoms with Gasteiger partial charge in [-0.25, -0.2) is 0 Å². The van der Waals surface area contributed by atoms with Gasteiger partial charge < -0.3 is 61.3 Å². The summed E-state index contributed by atoms with van der Waals surface area (Å²) in [6, 6.07) is 0. The Bertz CT molecular complexity index is 10.4. The molecule has 0 radical (unpaired) electrons. The van der Waals surface area contributed by atoms with E-state index >= 15 is 0 Å². The van der Waals surface area contributed by atoms with Crippen molar-refractivity contribution < 1.29 is 61.3 Å². The van der Waals surface area contributed by atoms with Crippen LogP contribution in [0.2, 0.25) is 0 Å². The van der Waals surface area contributed by atoms with Gasteiger partial charge >= 0.3 is 23.1 Å². The van der Waals surface area contributed by atoms with E-state index in [1.54, 1.807) is 0 Å². The standard InChI is InChI=1S/2BrH.Mg.5H2O/h2*1H;;5*1H2/q;;+2;;;;;/p-2. The van der Waals surface area contributed by atoms with E-state index in [0.29, 0.717) is 0 Å². The Kier molecular flexibility index (Phi) is 7710. The summed E-state index contributed by atoms with van der Waals surface area (Å²) < 4.78 is 0. The molecule has 0 aromatic rings. The first-order valence-electron chi connectivity index (χ1n) is 0. The second-order valence-electron chi connectivity index (χ2n) is 0. The topological polar surface area (TPSA) is 158 Å². The van der Waals surface area contributed by atoms with Gasteiger partial charge in [-0.05, 0) is 0 Å². The SMILES string of the molecule is O.O.O.O.O.[Br-].[Br-].[Mg+2]. The molecule has 0 aliphatic carbocycles. The summed E-state index contributed by atoms with van der Waals surface area (Å²) in [5, 5.41) is 0. The third-order valence-corrected chi connectivity index (χ3v) is 0. The largest absolute Gasteiger partial charge is 2.00 e. The Balaban J connectivity index is 0. The fourth-order valence-corrected chi connectivity index (χ4v) is 0. The number of hydrogen-bond acceptors (Lipinski definition) is 0. The molecule has 5 nitrogen and oxygen atoms in total. The molecule has 0 saturated carbocycles. The molecule has 0 amide bonds. The van der Waals surface area contributed by atoms with Crippen LogP contribution in [0, 0.1) is 0 Å². The molecule has 0 rings (SSSR count). The first kappa shape index (κ1) is 297. The summed E-state index contributed by atoms with van der Waals surface area (Å²) in [5.41, 5.74) is 0. The first-order valence-corrected chi connectivity index (χ1v) is 0. The van der Waals surface area contributed by atoms with Crippen LogP contribution in [0.5, 0.6) is 0 Å². The maximum Gasteiger partial charge on any atom is 2.00 e. The molecule has 8 heavy (non-hydrogen) atoms. The van der Waals surface area contributed by atoms with Crippen molar-refractivity contribution in [2.24, 2.45) is 0 Å². The van der Waals surface area contributed by atoms with E-state index in [-0.39, 0.29) is 84.4 Å². The van der Waals surface area contributed by atoms with Gasteiger partial charge in [-0.1, -0.05) is 0 Å². The van der Waals surface area contributed by atoms with E-state index in [4.69, 9.17) is 0 Å². The predicted octanol–water partition coefficient (Wildman–Crippen LogP) is -10.5. The first-order chi connectivity index (χ1) is 0. The molecular weight excluding hydrogens is 264 g/mol. The van der Waals surface area contributed by atoms with E-state index in [0.717, 1.165) is 0 Å². The van der Waals surface area contributed by atoms with E-state index < -0.39 is 0 Å². The van der Waals surface area contributed by atoms with Crippen LogP contribution in [0.15, 0.2) is 0 Å². The van der Waals surface area contributed by atoms with Crippen LogP contribution in [0.1, 0.15) is 0 Å². The average molecular weight is 274 g/mol. The van der Waals surface area contributed by atoms with Crippen molar-refractivity contribution in [1.29, 1.82) is 0 Å². The molecule has 0 heterocycles. The maximum absolute atomic E-state index is 0. The summed E-state index contributed by atoms with van der Waals surface area (Å²) in [7, 11) is 0. The van der Waals surface area contributed by atoms with Crippen molar-refractivity contribution in [2.45, 2.75) is 0 Å². The molecule has 0 aromatic heterocycles. The van der Waals surface area contributed by atoms with Gasteiger partial charge in [0, 0.05) is 0 Å². The number of halogens is 2. The Morgan fingerprint density at radius 3 is 0.375 bits per heavy atom. The summed E-state index contributed by atoms with van der Waals surface area (Å²) in [6.45, 7) is 0. The molecule has 56 valence electrons. The molecule has 0 saturated heterocycles. The van der Waals surface area contributed by atoms with Gasteiger partial charge in [0.15, 0.2) is 0 Å². The minimum Gasteiger partial charge on any atom is -1.00 e. The molecule has 0 aromatic carbocycles. The zero-order valence-corrected chi connectivity index (χ0v) is 8.55. The van der Waals surface area contributed by atoms with Crippen molar-refractivity contribution >= 4 is 23.1 Å². The van der Waals surface area contributed by atoms with E-state index in [2.05, 4.69) is 0 Å². The molecule has 0 aliphatic heterocycles. The predicted molar refractivity (Wildman–Crippen MR) is 23.8 cm³/mol. The summed E-state index contributed by atoms with van der Waals surface area (Å²) in [6.07, 6.45) is 0. The number of rotatable bonds is 0. The monoisotopic (exact) mass is 272 g/mol. The fourth-order valence-electron chi connectivity index (χ4n) is 0. The van der Waals surface area contributed by atoms with Crippen molar-refractivity contribution in [3.05, 3.63) is 0 Å². The molecule has 8 heteroatoms. The van der Waals surface area contributed by atoms with Crippen LogP contribution in [-0.2, 0) is 0 Å². The fraction of sp³-hybridized carbons (Fsp3) is 0. The summed E-state index contributed by atoms with van der Waals surface area (Å²) >= 11 is 0. The van der Waals surface area contributed by atoms with Crippen LogP contribution in [0.25, 0.3) is 0 Å². The van der Waals surface area contributed by atoms with Crippen LogP contribution in [0.3, 0.4) is 0 Å². The van der Waals surface area contributed by atoms with Gasteiger partial charge in [-0.3, -0.25) is 0 Å². The van der Waals surface area contributed by atoms with Gasteiger partial charge in [-0.15, -0.1) is 0 Å². The van der Waals surface area contributed by atoms with Crippen molar-refractivity contribution in [1.82, 2.24) is 0 Å². The molecule has 0 fully saturated rings. The van der Waals surface area contributed by atoms with Crippen LogP contribution >= 0.6 is 0 Å². The van der Waals surface area contributed by atoms with Crippen molar-refractivity contribution in [3.63, 3.8) is 0 Å². The van der Waals surface area contributed by atoms with Gasteiger partial charge in [0.2, 0.25) is 0 Å². The van der Waals surface area contributed by atoms with E-state index in [1.807, 2.05) is 0 Å². The van der Waals surface area contributed by atoms with Crippen LogP contribution < -0.4 is 34.0 Å². The Hall–Kier alpha value is 1.53. The summed E-state index contributed by atoms with van der Waals surface area (Å²) in [4.78, 5) is 0. The Labute approximate surface area is 84.1 Å². The molecule has 0 atom stereocenters. The number of hydrogen-bond donors (Lipinski definition) is 0. The third-order valence-electron chi connectivity index (χ3n) is 0. The van der Waals surface area contributed by atoms with E-state index in [1.165, 1.54) is 0 Å². The molecular formula is H10Br2MgO5. The minimum absolute atomic E-state index is 0. The van der Waals surface area contributed by atoms with Crippen LogP contribution in [-0.4, -0.2) is 50.4 Å². The van der Waals surface area contributed by atoms with Gasteiger partial charge in [-0.2, -0.15) is 0 Å². The maximum atomic E-state index is 0. The molecule has 0 aliphatic rings. The quantitative estimate of drug-likeness (QED) is 0.384. The second-order valence-corrected chi connectivity index (χ2v) is 0. The van der Waals surface area contributed by atoms with Crippen molar-refractivity contribution in [3.8, 4) is 0 Å². The molecule has 0 unspecified atom stereocenters. The van der Waals surface area contributed by atoms with Crippen molar-refractivity contribution in [2.75, 3.05) is 0 Å². The minimum atomic E-state index is 0. The van der Waals surface area contributed by atoms with E-state index in [9.17, 15) is 0 Å². The Morgan fingerprint density at radius 2 is 0.375 bits per heavy atom. The average Bonchev–Trinajstić information content (AvgIpc) is 0. The smallest absolute Gasteiger partial charge is 1.00 e. The third kappa shape index (κ3) is 138. The second kappa shape index (κ2) is 207.